The summed E-state index contributed by atoms with van der Waals surface area (Å²) in [4.78, 5) is 8.55. The highest BCUT2D eigenvalue weighted by Crippen LogP contribution is 2.24. The maximum atomic E-state index is 6.01. The minimum atomic E-state index is 0.413. The summed E-state index contributed by atoms with van der Waals surface area (Å²) in [5.74, 6) is 1.78. The average Bonchev–Trinajstić information content (AvgIpc) is 3.20. The Bertz CT molecular complexity index is 679. The number of ether oxygens (including phenoxy) is 1. The molecule has 0 bridgehead atoms. The van der Waals surface area contributed by atoms with Gasteiger partial charge in [0.15, 0.2) is 5.96 Å². The van der Waals surface area contributed by atoms with Crippen LogP contribution in [0.15, 0.2) is 53.7 Å². The van der Waals surface area contributed by atoms with Gasteiger partial charge in [0.2, 0.25) is 0 Å². The van der Waals surface area contributed by atoms with Crippen LogP contribution in [0.4, 0.5) is 0 Å². The van der Waals surface area contributed by atoms with E-state index in [9.17, 15) is 0 Å². The third-order valence-electron chi connectivity index (χ3n) is 4.62. The van der Waals surface area contributed by atoms with Gasteiger partial charge < -0.3 is 15.4 Å². The molecule has 0 amide bonds. The number of hydrogen-bond acceptors (Lipinski definition) is 3. The van der Waals surface area contributed by atoms with E-state index in [-0.39, 0.29) is 0 Å². The van der Waals surface area contributed by atoms with Crippen molar-refractivity contribution in [1.82, 2.24) is 15.6 Å². The quantitative estimate of drug-likeness (QED) is 0.593. The Morgan fingerprint density at radius 1 is 1.12 bits per heavy atom. The molecule has 0 radical (unpaired) electrons. The van der Waals surface area contributed by atoms with Crippen molar-refractivity contribution < 1.29 is 4.74 Å². The lowest BCUT2D eigenvalue weighted by Gasteiger charge is -2.14. The largest absolute Gasteiger partial charge is 0.490 e. The van der Waals surface area contributed by atoms with E-state index in [1.165, 1.54) is 31.2 Å². The average molecular weight is 352 g/mol. The van der Waals surface area contributed by atoms with Gasteiger partial charge in [0.1, 0.15) is 5.75 Å². The van der Waals surface area contributed by atoms with Gasteiger partial charge in [0, 0.05) is 19.8 Å². The SMILES string of the molecule is CN=C(NCCc1ccc(OC2CCCC2)cc1)NCc1ccccn1. The number of nitrogens with zero attached hydrogens (tertiary/aromatic N) is 2. The highest BCUT2D eigenvalue weighted by Gasteiger charge is 2.16. The van der Waals surface area contributed by atoms with Crippen molar-refractivity contribution >= 4 is 5.96 Å². The van der Waals surface area contributed by atoms with E-state index >= 15 is 0 Å². The Morgan fingerprint density at radius 3 is 2.62 bits per heavy atom. The number of aromatic nitrogens is 1. The van der Waals surface area contributed by atoms with Crippen LogP contribution in [0.25, 0.3) is 0 Å². The van der Waals surface area contributed by atoms with Gasteiger partial charge in [-0.2, -0.15) is 0 Å². The standard InChI is InChI=1S/C21H28N4O/c1-22-21(25-16-18-6-4-5-14-23-18)24-15-13-17-9-11-20(12-10-17)26-19-7-2-3-8-19/h4-6,9-12,14,19H,2-3,7-8,13,15-16H2,1H3,(H2,22,24,25). The summed E-state index contributed by atoms with van der Waals surface area (Å²) < 4.78 is 6.01. The van der Waals surface area contributed by atoms with Gasteiger partial charge >= 0.3 is 0 Å². The molecular formula is C21H28N4O. The summed E-state index contributed by atoms with van der Waals surface area (Å²) in [6.07, 6.45) is 8.12. The molecule has 5 heteroatoms. The second-order valence-corrected chi connectivity index (χ2v) is 6.59. The van der Waals surface area contributed by atoms with Gasteiger partial charge in [-0.15, -0.1) is 0 Å². The zero-order valence-electron chi connectivity index (χ0n) is 15.4. The summed E-state index contributed by atoms with van der Waals surface area (Å²) in [7, 11) is 1.78. The molecule has 5 nitrogen and oxygen atoms in total. The van der Waals surface area contributed by atoms with Crippen molar-refractivity contribution in [2.24, 2.45) is 4.99 Å². The molecule has 2 aromatic rings. The first-order valence-electron chi connectivity index (χ1n) is 9.43. The fraction of sp³-hybridized carbons (Fsp3) is 0.429. The molecule has 0 spiro atoms. The van der Waals surface area contributed by atoms with Gasteiger partial charge in [-0.1, -0.05) is 18.2 Å². The Morgan fingerprint density at radius 2 is 1.92 bits per heavy atom. The second kappa shape index (κ2) is 9.80. The molecule has 3 rings (SSSR count). The van der Waals surface area contributed by atoms with E-state index in [0.29, 0.717) is 12.6 Å². The van der Waals surface area contributed by atoms with Crippen molar-refractivity contribution in [3.8, 4) is 5.75 Å². The van der Waals surface area contributed by atoms with E-state index in [4.69, 9.17) is 4.74 Å². The topological polar surface area (TPSA) is 58.5 Å². The molecule has 1 aromatic heterocycles. The van der Waals surface area contributed by atoms with E-state index in [1.807, 2.05) is 18.2 Å². The van der Waals surface area contributed by atoms with Crippen molar-refractivity contribution in [2.45, 2.75) is 44.8 Å². The minimum absolute atomic E-state index is 0.413. The molecule has 1 heterocycles. The molecule has 2 N–H and O–H groups in total. The zero-order valence-corrected chi connectivity index (χ0v) is 15.4. The van der Waals surface area contributed by atoms with Crippen LogP contribution in [-0.4, -0.2) is 30.6 Å². The predicted molar refractivity (Wildman–Crippen MR) is 105 cm³/mol. The van der Waals surface area contributed by atoms with Crippen LogP contribution in [0.2, 0.25) is 0 Å². The van der Waals surface area contributed by atoms with Crippen molar-refractivity contribution in [3.63, 3.8) is 0 Å². The van der Waals surface area contributed by atoms with Crippen LogP contribution >= 0.6 is 0 Å². The lowest BCUT2D eigenvalue weighted by atomic mass is 10.1. The van der Waals surface area contributed by atoms with Gasteiger partial charge in [-0.3, -0.25) is 9.98 Å². The first kappa shape index (κ1) is 18.2. The smallest absolute Gasteiger partial charge is 0.191 e. The van der Waals surface area contributed by atoms with Crippen LogP contribution < -0.4 is 15.4 Å². The second-order valence-electron chi connectivity index (χ2n) is 6.59. The van der Waals surface area contributed by atoms with Gasteiger partial charge in [-0.25, -0.2) is 0 Å². The Labute approximate surface area is 155 Å². The van der Waals surface area contributed by atoms with Gasteiger partial charge in [0.05, 0.1) is 18.3 Å². The molecule has 1 fully saturated rings. The molecular weight excluding hydrogens is 324 g/mol. The molecule has 1 aliphatic rings. The number of pyridine rings is 1. The van der Waals surface area contributed by atoms with E-state index < -0.39 is 0 Å². The molecule has 0 aliphatic heterocycles. The molecule has 0 atom stereocenters. The van der Waals surface area contributed by atoms with Crippen LogP contribution in [0.3, 0.4) is 0 Å². The van der Waals surface area contributed by atoms with Crippen molar-refractivity contribution in [2.75, 3.05) is 13.6 Å². The lowest BCUT2D eigenvalue weighted by molar-refractivity contribution is 0.210. The Kier molecular flexibility index (Phi) is 6.88. The number of rotatable bonds is 7. The summed E-state index contributed by atoms with van der Waals surface area (Å²) in [5.41, 5.74) is 2.28. The monoisotopic (exact) mass is 352 g/mol. The molecule has 1 aromatic carbocycles. The molecule has 1 saturated carbocycles. The Balaban J connectivity index is 1.38. The van der Waals surface area contributed by atoms with Gasteiger partial charge in [-0.05, 0) is 61.9 Å². The van der Waals surface area contributed by atoms with Crippen LogP contribution in [0.5, 0.6) is 5.75 Å². The maximum Gasteiger partial charge on any atom is 0.191 e. The first-order chi connectivity index (χ1) is 12.8. The molecule has 0 unspecified atom stereocenters. The highest BCUT2D eigenvalue weighted by atomic mass is 16.5. The normalized spacial score (nSPS) is 15.0. The van der Waals surface area contributed by atoms with Crippen LogP contribution in [0.1, 0.15) is 36.9 Å². The zero-order chi connectivity index (χ0) is 18.0. The molecule has 138 valence electrons. The number of hydrogen-bond donors (Lipinski definition) is 2. The van der Waals surface area contributed by atoms with Crippen molar-refractivity contribution in [3.05, 3.63) is 59.9 Å². The van der Waals surface area contributed by atoms with Crippen molar-refractivity contribution in [1.29, 1.82) is 0 Å². The summed E-state index contributed by atoms with van der Waals surface area (Å²) >= 11 is 0. The fourth-order valence-electron chi connectivity index (χ4n) is 3.16. The van der Waals surface area contributed by atoms with E-state index in [2.05, 4.69) is 44.9 Å². The number of aliphatic imine (C=N–C) groups is 1. The summed E-state index contributed by atoms with van der Waals surface area (Å²) in [6, 6.07) is 14.4. The van der Waals surface area contributed by atoms with E-state index in [0.717, 1.165) is 30.4 Å². The fourth-order valence-corrected chi connectivity index (χ4v) is 3.16. The highest BCUT2D eigenvalue weighted by molar-refractivity contribution is 5.79. The van der Waals surface area contributed by atoms with Crippen LogP contribution in [0, 0.1) is 0 Å². The first-order valence-corrected chi connectivity index (χ1v) is 9.43. The molecule has 1 aliphatic carbocycles. The van der Waals surface area contributed by atoms with E-state index in [1.54, 1.807) is 13.2 Å². The van der Waals surface area contributed by atoms with Gasteiger partial charge in [0.25, 0.3) is 0 Å². The third-order valence-corrected chi connectivity index (χ3v) is 4.62. The lowest BCUT2D eigenvalue weighted by Crippen LogP contribution is -2.38. The van der Waals surface area contributed by atoms with Crippen LogP contribution in [-0.2, 0) is 13.0 Å². The summed E-state index contributed by atoms with van der Waals surface area (Å²) in [5, 5.41) is 6.62. The Hall–Kier alpha value is -2.56. The number of benzene rings is 1. The predicted octanol–water partition coefficient (Wildman–Crippen LogP) is 3.31. The number of nitrogens with one attached hydrogen (secondary N) is 2. The minimum Gasteiger partial charge on any atom is -0.490 e. The molecule has 26 heavy (non-hydrogen) atoms. The summed E-state index contributed by atoms with van der Waals surface area (Å²) in [6.45, 7) is 1.48. The maximum absolute atomic E-state index is 6.01. The number of guanidine groups is 1. The molecule has 0 saturated heterocycles. The third kappa shape index (κ3) is 5.76.